The Morgan fingerprint density at radius 1 is 1.28 bits per heavy atom. The van der Waals surface area contributed by atoms with Crippen molar-refractivity contribution in [3.05, 3.63) is 47.5 Å². The molecule has 1 amide bonds. The summed E-state index contributed by atoms with van der Waals surface area (Å²) in [5, 5.41) is 7.77. The maximum atomic E-state index is 13.1. The number of benzene rings is 1. The fourth-order valence-corrected chi connectivity index (χ4v) is 4.10. The summed E-state index contributed by atoms with van der Waals surface area (Å²) < 4.78 is 1.82. The number of imidazole rings is 1. The predicted octanol–water partition coefficient (Wildman–Crippen LogP) is 3.39. The van der Waals surface area contributed by atoms with Gasteiger partial charge in [-0.2, -0.15) is 5.10 Å². The van der Waals surface area contributed by atoms with Crippen molar-refractivity contribution in [1.82, 2.24) is 30.0 Å². The van der Waals surface area contributed by atoms with Crippen molar-refractivity contribution >= 4 is 16.9 Å². The normalized spacial score (nSPS) is 20.9. The van der Waals surface area contributed by atoms with Crippen LogP contribution in [-0.2, 0) is 5.54 Å². The van der Waals surface area contributed by atoms with Gasteiger partial charge in [-0.15, -0.1) is 0 Å². The van der Waals surface area contributed by atoms with Gasteiger partial charge in [0.05, 0.1) is 28.3 Å². The molecule has 0 radical (unpaired) electrons. The number of H-pyrrole nitrogens is 1. The third-order valence-electron chi connectivity index (χ3n) is 5.63. The van der Waals surface area contributed by atoms with Gasteiger partial charge in [-0.3, -0.25) is 14.4 Å². The summed E-state index contributed by atoms with van der Waals surface area (Å²) in [6.07, 6.45) is 1.74. The van der Waals surface area contributed by atoms with Crippen molar-refractivity contribution in [3.8, 4) is 0 Å². The van der Waals surface area contributed by atoms with Crippen molar-refractivity contribution < 1.29 is 4.79 Å². The lowest BCUT2D eigenvalue weighted by atomic mass is 9.97. The van der Waals surface area contributed by atoms with Gasteiger partial charge in [0, 0.05) is 12.6 Å². The number of para-hydroxylation sites is 2. The van der Waals surface area contributed by atoms with Crippen LogP contribution >= 0.6 is 0 Å². The number of hydrogen-bond acceptors (Lipinski definition) is 4. The number of aromatic amines is 1. The fourth-order valence-electron chi connectivity index (χ4n) is 4.10. The molecule has 2 atom stereocenters. The van der Waals surface area contributed by atoms with E-state index in [1.165, 1.54) is 0 Å². The van der Waals surface area contributed by atoms with Gasteiger partial charge in [0.25, 0.3) is 5.91 Å². The number of carbonyl (C=O) groups is 1. The lowest BCUT2D eigenvalue weighted by Crippen LogP contribution is -2.46. The van der Waals surface area contributed by atoms with Crippen LogP contribution < -0.4 is 5.32 Å². The number of carbonyl (C=O) groups excluding carboxylic acids is 1. The Morgan fingerprint density at radius 3 is 2.76 bits per heavy atom. The molecule has 0 spiro atoms. The van der Waals surface area contributed by atoms with Crippen LogP contribution in [0, 0.1) is 6.92 Å². The molecule has 154 valence electrons. The molecule has 4 rings (SSSR count). The van der Waals surface area contributed by atoms with E-state index in [-0.39, 0.29) is 23.5 Å². The average molecular weight is 395 g/mol. The summed E-state index contributed by atoms with van der Waals surface area (Å²) in [5.41, 5.74) is 3.26. The summed E-state index contributed by atoms with van der Waals surface area (Å²) in [7, 11) is 2.12. The van der Waals surface area contributed by atoms with E-state index in [0.717, 1.165) is 41.9 Å². The first-order valence-electron chi connectivity index (χ1n) is 10.3. The van der Waals surface area contributed by atoms with Gasteiger partial charge < -0.3 is 10.3 Å². The summed E-state index contributed by atoms with van der Waals surface area (Å²) in [5.74, 6) is 0.904. The molecule has 7 nitrogen and oxygen atoms in total. The lowest BCUT2D eigenvalue weighted by Gasteiger charge is -2.36. The molecular formula is C22H30N6O. The molecule has 0 bridgehead atoms. The molecule has 1 fully saturated rings. The Hall–Kier alpha value is -2.67. The molecule has 1 unspecified atom stereocenters. The van der Waals surface area contributed by atoms with E-state index in [1.54, 1.807) is 0 Å². The Kier molecular flexibility index (Phi) is 4.94. The van der Waals surface area contributed by atoms with E-state index in [9.17, 15) is 4.79 Å². The van der Waals surface area contributed by atoms with Gasteiger partial charge in [-0.1, -0.05) is 12.1 Å². The zero-order valence-corrected chi connectivity index (χ0v) is 17.9. The minimum atomic E-state index is -0.246. The van der Waals surface area contributed by atoms with Crippen LogP contribution in [-0.4, -0.2) is 50.2 Å². The molecular weight excluding hydrogens is 364 g/mol. The van der Waals surface area contributed by atoms with Crippen LogP contribution in [0.4, 0.5) is 0 Å². The summed E-state index contributed by atoms with van der Waals surface area (Å²) in [6, 6.07) is 10.2. The number of hydrogen-bond donors (Lipinski definition) is 2. The third kappa shape index (κ3) is 3.92. The van der Waals surface area contributed by atoms with Gasteiger partial charge >= 0.3 is 0 Å². The molecule has 0 saturated carbocycles. The monoisotopic (exact) mass is 394 g/mol. The summed E-state index contributed by atoms with van der Waals surface area (Å²) in [4.78, 5) is 23.6. The molecule has 29 heavy (non-hydrogen) atoms. The van der Waals surface area contributed by atoms with E-state index in [2.05, 4.69) is 48.1 Å². The lowest BCUT2D eigenvalue weighted by molar-refractivity contribution is 0.0866. The molecule has 2 N–H and O–H groups in total. The first-order valence-corrected chi connectivity index (χ1v) is 10.3. The number of rotatable bonds is 3. The van der Waals surface area contributed by atoms with Gasteiger partial charge in [0.1, 0.15) is 11.5 Å². The van der Waals surface area contributed by atoms with Crippen molar-refractivity contribution in [2.45, 2.75) is 58.2 Å². The van der Waals surface area contributed by atoms with Crippen LogP contribution in [0.3, 0.4) is 0 Å². The van der Waals surface area contributed by atoms with Crippen molar-refractivity contribution in [2.75, 3.05) is 13.6 Å². The Bertz CT molecular complexity index is 995. The number of nitrogens with one attached hydrogen (secondary N) is 2. The van der Waals surface area contributed by atoms with Gasteiger partial charge in [-0.25, -0.2) is 4.98 Å². The standard InChI is InChI=1S/C22H30N6O/c1-14-12-19(28(26-14)22(2,3)4)21(29)23-15-10-11-27(5)18(13-15)20-24-16-8-6-7-9-17(16)25-20/h6-9,12,15,18H,10-11,13H2,1-5H3,(H,23,29)(H,24,25)/t15-,18?/m1/s1. The minimum absolute atomic E-state index is 0.0570. The molecule has 3 aromatic rings. The van der Waals surface area contributed by atoms with Crippen molar-refractivity contribution in [2.24, 2.45) is 0 Å². The van der Waals surface area contributed by atoms with E-state index in [4.69, 9.17) is 4.98 Å². The van der Waals surface area contributed by atoms with Crippen LogP contribution in [0.1, 0.15) is 61.7 Å². The number of piperidine rings is 1. The van der Waals surface area contributed by atoms with Crippen molar-refractivity contribution in [1.29, 1.82) is 0 Å². The second kappa shape index (κ2) is 7.30. The highest BCUT2D eigenvalue weighted by molar-refractivity contribution is 5.93. The van der Waals surface area contributed by atoms with E-state index < -0.39 is 0 Å². The van der Waals surface area contributed by atoms with Crippen molar-refractivity contribution in [3.63, 3.8) is 0 Å². The number of likely N-dealkylation sites (tertiary alicyclic amines) is 1. The highest BCUT2D eigenvalue weighted by atomic mass is 16.2. The molecule has 0 aliphatic carbocycles. The highest BCUT2D eigenvalue weighted by Gasteiger charge is 2.31. The number of aryl methyl sites for hydroxylation is 1. The topological polar surface area (TPSA) is 78.8 Å². The van der Waals surface area contributed by atoms with E-state index >= 15 is 0 Å². The second-order valence-electron chi connectivity index (χ2n) is 9.08. The first-order chi connectivity index (χ1) is 13.7. The average Bonchev–Trinajstić information content (AvgIpc) is 3.26. The van der Waals surface area contributed by atoms with E-state index in [1.807, 2.05) is 41.9 Å². The number of amides is 1. The SMILES string of the molecule is Cc1cc(C(=O)N[C@@H]2CCN(C)C(c3nc4ccccc4[nH]3)C2)n(C(C)(C)C)n1. The molecule has 7 heteroatoms. The molecule has 1 saturated heterocycles. The maximum absolute atomic E-state index is 13.1. The highest BCUT2D eigenvalue weighted by Crippen LogP contribution is 2.29. The van der Waals surface area contributed by atoms with Gasteiger partial charge in [-0.05, 0) is 65.8 Å². The largest absolute Gasteiger partial charge is 0.348 e. The number of fused-ring (bicyclic) bond motifs is 1. The molecule has 1 aromatic carbocycles. The molecule has 2 aromatic heterocycles. The van der Waals surface area contributed by atoms with Gasteiger partial charge in [0.15, 0.2) is 0 Å². The number of aromatic nitrogens is 4. The Balaban J connectivity index is 1.52. The van der Waals surface area contributed by atoms with Crippen LogP contribution in [0.15, 0.2) is 30.3 Å². The van der Waals surface area contributed by atoms with Crippen LogP contribution in [0.5, 0.6) is 0 Å². The minimum Gasteiger partial charge on any atom is -0.348 e. The zero-order valence-electron chi connectivity index (χ0n) is 17.9. The summed E-state index contributed by atoms with van der Waals surface area (Å²) >= 11 is 0. The third-order valence-corrected chi connectivity index (χ3v) is 5.63. The molecule has 1 aliphatic rings. The Morgan fingerprint density at radius 2 is 2.03 bits per heavy atom. The Labute approximate surface area is 171 Å². The maximum Gasteiger partial charge on any atom is 0.269 e. The molecule has 3 heterocycles. The quantitative estimate of drug-likeness (QED) is 0.714. The fraction of sp³-hybridized carbons (Fsp3) is 0.500. The van der Waals surface area contributed by atoms with Gasteiger partial charge in [0.2, 0.25) is 0 Å². The summed E-state index contributed by atoms with van der Waals surface area (Å²) in [6.45, 7) is 9.01. The molecule has 1 aliphatic heterocycles. The predicted molar refractivity (Wildman–Crippen MR) is 114 cm³/mol. The van der Waals surface area contributed by atoms with Crippen LogP contribution in [0.2, 0.25) is 0 Å². The number of nitrogens with zero attached hydrogens (tertiary/aromatic N) is 4. The van der Waals surface area contributed by atoms with E-state index in [0.29, 0.717) is 5.69 Å². The van der Waals surface area contributed by atoms with Crippen LogP contribution in [0.25, 0.3) is 11.0 Å². The smallest absolute Gasteiger partial charge is 0.269 e. The first kappa shape index (κ1) is 19.6. The second-order valence-corrected chi connectivity index (χ2v) is 9.08. The zero-order chi connectivity index (χ0) is 20.8.